The predicted octanol–water partition coefficient (Wildman–Crippen LogP) is 8.07. The standard InChI is InChI=1S/C48H48N2O10/c1-28(2)17-19-30-36(27-51)38(59-24-12-10-22-50-47(56)33-15-7-8-16-34(33)48(50)57)26-39-41(30)44(53)42-40(60-39)25-37(35(43(42)52)20-18-29(3)4)58-23-11-9-21-49-45(54)31-13-5-6-14-32(31)46(49)55/h5-8,13-18,25-26,51-52H,9-12,19-24,27H2,1-4H3. The number of aromatic hydroxyl groups is 1. The summed E-state index contributed by atoms with van der Waals surface area (Å²) in [5.74, 6) is -0.878. The Labute approximate surface area is 347 Å². The molecule has 0 spiro atoms. The molecule has 0 bridgehead atoms. The molecular formula is C48H48N2O10. The molecule has 0 saturated carbocycles. The molecule has 2 aliphatic rings. The first-order chi connectivity index (χ1) is 28.9. The van der Waals surface area contributed by atoms with Crippen molar-refractivity contribution in [1.82, 2.24) is 9.80 Å². The Hall–Kier alpha value is -6.53. The molecule has 12 nitrogen and oxygen atoms in total. The molecule has 310 valence electrons. The summed E-state index contributed by atoms with van der Waals surface area (Å²) in [5, 5.41) is 22.7. The number of allylic oxidation sites excluding steroid dienone is 4. The van der Waals surface area contributed by atoms with Gasteiger partial charge < -0.3 is 24.1 Å². The van der Waals surface area contributed by atoms with Crippen LogP contribution in [0.25, 0.3) is 21.9 Å². The summed E-state index contributed by atoms with van der Waals surface area (Å²) < 4.78 is 18.9. The molecule has 0 radical (unpaired) electrons. The van der Waals surface area contributed by atoms with Crippen LogP contribution in [-0.4, -0.2) is 69.9 Å². The largest absolute Gasteiger partial charge is 0.507 e. The van der Waals surface area contributed by atoms with E-state index in [-0.39, 0.29) is 90.5 Å². The Bertz CT molecular complexity index is 2590. The van der Waals surface area contributed by atoms with E-state index in [9.17, 15) is 34.2 Å². The van der Waals surface area contributed by atoms with Crippen LogP contribution >= 0.6 is 0 Å². The minimum absolute atomic E-state index is 0.0122. The number of rotatable bonds is 17. The van der Waals surface area contributed by atoms with E-state index in [2.05, 4.69) is 0 Å². The number of aliphatic hydroxyl groups is 1. The van der Waals surface area contributed by atoms with Gasteiger partial charge in [-0.3, -0.25) is 33.8 Å². The second kappa shape index (κ2) is 17.8. The summed E-state index contributed by atoms with van der Waals surface area (Å²) in [7, 11) is 0. The van der Waals surface area contributed by atoms with E-state index in [0.717, 1.165) is 11.1 Å². The number of carbonyl (C=O) groups is 4. The van der Waals surface area contributed by atoms with Crippen LogP contribution < -0.4 is 14.9 Å². The smallest absolute Gasteiger partial charge is 0.261 e. The normalized spacial score (nSPS) is 13.3. The second-order valence-corrected chi connectivity index (χ2v) is 15.6. The van der Waals surface area contributed by atoms with E-state index in [4.69, 9.17) is 13.9 Å². The van der Waals surface area contributed by atoms with Gasteiger partial charge in [-0.1, -0.05) is 47.6 Å². The molecular weight excluding hydrogens is 765 g/mol. The summed E-state index contributed by atoms with van der Waals surface area (Å²) >= 11 is 0. The van der Waals surface area contributed by atoms with Crippen molar-refractivity contribution < 1.29 is 43.3 Å². The van der Waals surface area contributed by atoms with Gasteiger partial charge in [0.2, 0.25) is 5.43 Å². The van der Waals surface area contributed by atoms with Crippen LogP contribution in [0.15, 0.2) is 93.2 Å². The average Bonchev–Trinajstić information content (AvgIpc) is 3.62. The minimum Gasteiger partial charge on any atom is -0.507 e. The van der Waals surface area contributed by atoms with Gasteiger partial charge in [0.25, 0.3) is 23.6 Å². The number of phenolic OH excluding ortho intramolecular Hbond substituents is 1. The fraction of sp³-hybridized carbons (Fsp3) is 0.312. The minimum atomic E-state index is -0.464. The van der Waals surface area contributed by atoms with Gasteiger partial charge in [0, 0.05) is 36.3 Å². The van der Waals surface area contributed by atoms with Crippen LogP contribution in [0.5, 0.6) is 17.2 Å². The lowest BCUT2D eigenvalue weighted by molar-refractivity contribution is 0.0634. The Morgan fingerprint density at radius 2 is 1.02 bits per heavy atom. The number of aliphatic hydroxyl groups excluding tert-OH is 1. The highest BCUT2D eigenvalue weighted by Gasteiger charge is 2.35. The number of imide groups is 2. The number of phenols is 1. The second-order valence-electron chi connectivity index (χ2n) is 15.6. The third-order valence-electron chi connectivity index (χ3n) is 10.9. The number of nitrogens with zero attached hydrogens (tertiary/aromatic N) is 2. The van der Waals surface area contributed by atoms with Crippen molar-refractivity contribution in [2.45, 2.75) is 72.8 Å². The van der Waals surface area contributed by atoms with Crippen molar-refractivity contribution in [2.24, 2.45) is 0 Å². The maximum absolute atomic E-state index is 14.5. The van der Waals surface area contributed by atoms with E-state index in [1.807, 2.05) is 39.8 Å². The fourth-order valence-corrected chi connectivity index (χ4v) is 7.72. The van der Waals surface area contributed by atoms with Gasteiger partial charge in [-0.25, -0.2) is 0 Å². The summed E-state index contributed by atoms with van der Waals surface area (Å²) in [4.78, 5) is 68.3. The number of fused-ring (bicyclic) bond motifs is 4. The Kier molecular flexibility index (Phi) is 12.3. The third kappa shape index (κ3) is 8.07. The lowest BCUT2D eigenvalue weighted by atomic mass is 9.95. The average molecular weight is 813 g/mol. The quantitative estimate of drug-likeness (QED) is 0.0406. The van der Waals surface area contributed by atoms with Crippen molar-refractivity contribution >= 4 is 45.6 Å². The summed E-state index contributed by atoms with van der Waals surface area (Å²) in [5.41, 5.74) is 4.76. The Morgan fingerprint density at radius 3 is 1.45 bits per heavy atom. The van der Waals surface area contributed by atoms with Crippen molar-refractivity contribution in [3.63, 3.8) is 0 Å². The highest BCUT2D eigenvalue weighted by Crippen LogP contribution is 2.39. The highest BCUT2D eigenvalue weighted by molar-refractivity contribution is 6.22. The summed E-state index contributed by atoms with van der Waals surface area (Å²) in [6.07, 6.45) is 6.38. The van der Waals surface area contributed by atoms with Crippen molar-refractivity contribution in [3.8, 4) is 17.2 Å². The van der Waals surface area contributed by atoms with Crippen LogP contribution in [0.2, 0.25) is 0 Å². The number of unbranched alkanes of at least 4 members (excludes halogenated alkanes) is 2. The number of amides is 4. The number of ether oxygens (including phenoxy) is 2. The molecule has 0 saturated heterocycles. The molecule has 2 aliphatic heterocycles. The van der Waals surface area contributed by atoms with Crippen LogP contribution in [0, 0.1) is 0 Å². The summed E-state index contributed by atoms with van der Waals surface area (Å²) in [6, 6.07) is 16.7. The van der Waals surface area contributed by atoms with Gasteiger partial charge >= 0.3 is 0 Å². The van der Waals surface area contributed by atoms with Crippen molar-refractivity contribution in [3.05, 3.63) is 133 Å². The van der Waals surface area contributed by atoms with Gasteiger partial charge in [0.15, 0.2) is 0 Å². The molecule has 60 heavy (non-hydrogen) atoms. The SMILES string of the molecule is CC(C)=CCc1c(OCCCCN2C(=O)c3ccccc3C2=O)cc2oc3cc(OCCCCN4C(=O)c5ccccc5C4=O)c(CO)c(CC=C(C)C)c3c(=O)c2c1O. The molecule has 0 atom stereocenters. The molecule has 3 heterocycles. The Balaban J connectivity index is 1.14. The van der Waals surface area contributed by atoms with Gasteiger partial charge in [0.05, 0.1) is 47.5 Å². The lowest BCUT2D eigenvalue weighted by Crippen LogP contribution is -2.30. The fourth-order valence-electron chi connectivity index (χ4n) is 7.72. The number of carbonyl (C=O) groups excluding carboxylic acids is 4. The van der Waals surface area contributed by atoms with E-state index in [0.29, 0.717) is 76.1 Å². The van der Waals surface area contributed by atoms with Gasteiger partial charge in [-0.15, -0.1) is 0 Å². The van der Waals surface area contributed by atoms with Crippen molar-refractivity contribution in [2.75, 3.05) is 26.3 Å². The molecule has 4 amide bonds. The zero-order valence-electron chi connectivity index (χ0n) is 34.3. The Morgan fingerprint density at radius 1 is 0.600 bits per heavy atom. The lowest BCUT2D eigenvalue weighted by Gasteiger charge is -2.18. The molecule has 0 unspecified atom stereocenters. The van der Waals surface area contributed by atoms with Gasteiger partial charge in [-0.2, -0.15) is 0 Å². The van der Waals surface area contributed by atoms with Crippen molar-refractivity contribution in [1.29, 1.82) is 0 Å². The van der Waals surface area contributed by atoms with E-state index >= 15 is 0 Å². The zero-order valence-corrected chi connectivity index (χ0v) is 34.3. The number of benzene rings is 4. The number of hydrogen-bond donors (Lipinski definition) is 2. The number of hydrogen-bond acceptors (Lipinski definition) is 10. The molecule has 7 rings (SSSR count). The van der Waals surface area contributed by atoms with E-state index in [1.165, 1.54) is 9.80 Å². The van der Waals surface area contributed by atoms with Crippen LogP contribution in [0.4, 0.5) is 0 Å². The first kappa shape index (κ1) is 41.6. The molecule has 4 aromatic carbocycles. The maximum Gasteiger partial charge on any atom is 0.261 e. The first-order valence-corrected chi connectivity index (χ1v) is 20.2. The van der Waals surface area contributed by atoms with Crippen LogP contribution in [0.3, 0.4) is 0 Å². The summed E-state index contributed by atoms with van der Waals surface area (Å²) in [6.45, 7) is 8.14. The molecule has 0 aliphatic carbocycles. The maximum atomic E-state index is 14.5. The topological polar surface area (TPSA) is 164 Å². The molecule has 1 aromatic heterocycles. The zero-order chi connectivity index (χ0) is 42.7. The monoisotopic (exact) mass is 812 g/mol. The van der Waals surface area contributed by atoms with Crippen LogP contribution in [0.1, 0.15) is 112 Å². The molecule has 0 fully saturated rings. The highest BCUT2D eigenvalue weighted by atomic mass is 16.5. The van der Waals surface area contributed by atoms with E-state index in [1.54, 1.807) is 60.7 Å². The predicted molar refractivity (Wildman–Crippen MR) is 227 cm³/mol. The van der Waals surface area contributed by atoms with Gasteiger partial charge in [0.1, 0.15) is 33.8 Å². The van der Waals surface area contributed by atoms with Gasteiger partial charge in [-0.05, 0) is 96.0 Å². The third-order valence-corrected chi connectivity index (χ3v) is 10.9. The molecule has 2 N–H and O–H groups in total. The van der Waals surface area contributed by atoms with E-state index < -0.39 is 12.0 Å². The first-order valence-electron chi connectivity index (χ1n) is 20.2. The molecule has 12 heteroatoms. The van der Waals surface area contributed by atoms with Crippen LogP contribution in [-0.2, 0) is 19.4 Å². The molecule has 5 aromatic rings.